The summed E-state index contributed by atoms with van der Waals surface area (Å²) in [6.45, 7) is 7.55. The number of urea groups is 1. The molecule has 2 amide bonds. The van der Waals surface area contributed by atoms with Crippen LogP contribution in [0.2, 0.25) is 0 Å². The third-order valence-electron chi connectivity index (χ3n) is 2.61. The van der Waals surface area contributed by atoms with Crippen LogP contribution in [0.1, 0.15) is 28.5 Å². The maximum atomic E-state index is 11.3. The van der Waals surface area contributed by atoms with E-state index in [9.17, 15) is 4.79 Å². The zero-order chi connectivity index (χ0) is 13.7. The van der Waals surface area contributed by atoms with Crippen LogP contribution < -0.4 is 10.6 Å². The van der Waals surface area contributed by atoms with E-state index in [2.05, 4.69) is 29.5 Å². The summed E-state index contributed by atoms with van der Waals surface area (Å²) < 4.78 is 0. The molecule has 0 radical (unpaired) electrons. The highest BCUT2D eigenvalue weighted by atomic mass is 32.1. The molecule has 0 spiro atoms. The average Bonchev–Trinajstić information content (AvgIpc) is 2.63. The van der Waals surface area contributed by atoms with Gasteiger partial charge >= 0.3 is 6.03 Å². The van der Waals surface area contributed by atoms with Crippen molar-refractivity contribution in [3.8, 4) is 0 Å². The largest absolute Gasteiger partial charge is 0.337 e. The number of rotatable bonds is 5. The molecule has 1 aromatic rings. The number of nitrogens with zero attached hydrogens (tertiary/aromatic N) is 2. The number of hydrogen-bond donors (Lipinski definition) is 2. The van der Waals surface area contributed by atoms with E-state index in [1.165, 1.54) is 9.78 Å². The van der Waals surface area contributed by atoms with Crippen LogP contribution in [0.3, 0.4) is 0 Å². The molecular formula is C12H22N4OS. The highest BCUT2D eigenvalue weighted by molar-refractivity contribution is 7.11. The minimum Gasteiger partial charge on any atom is -0.337 e. The molecular weight excluding hydrogens is 248 g/mol. The van der Waals surface area contributed by atoms with E-state index < -0.39 is 0 Å². The Bertz CT molecular complexity index is 403. The Morgan fingerprint density at radius 1 is 1.39 bits per heavy atom. The van der Waals surface area contributed by atoms with Gasteiger partial charge in [-0.05, 0) is 20.8 Å². The van der Waals surface area contributed by atoms with Crippen LogP contribution in [-0.4, -0.2) is 43.1 Å². The first kappa shape index (κ1) is 14.9. The average molecular weight is 270 g/mol. The lowest BCUT2D eigenvalue weighted by molar-refractivity contribution is 0.217. The first-order valence-electron chi connectivity index (χ1n) is 6.04. The molecule has 1 unspecified atom stereocenters. The topological polar surface area (TPSA) is 57.3 Å². The second kappa shape index (κ2) is 6.70. The van der Waals surface area contributed by atoms with Crippen LogP contribution in [0.4, 0.5) is 4.79 Å². The lowest BCUT2D eigenvalue weighted by Crippen LogP contribution is -2.38. The van der Waals surface area contributed by atoms with Crippen molar-refractivity contribution >= 4 is 17.4 Å². The van der Waals surface area contributed by atoms with Crippen molar-refractivity contribution in [3.63, 3.8) is 0 Å². The summed E-state index contributed by atoms with van der Waals surface area (Å²) in [5.74, 6) is 0. The Morgan fingerprint density at radius 2 is 2.06 bits per heavy atom. The van der Waals surface area contributed by atoms with E-state index in [-0.39, 0.29) is 12.1 Å². The van der Waals surface area contributed by atoms with Crippen LogP contribution in [0, 0.1) is 13.8 Å². The van der Waals surface area contributed by atoms with Gasteiger partial charge in [-0.2, -0.15) is 0 Å². The molecule has 1 heterocycles. The second-order valence-electron chi connectivity index (χ2n) is 4.48. The van der Waals surface area contributed by atoms with Crippen molar-refractivity contribution < 1.29 is 4.79 Å². The van der Waals surface area contributed by atoms with E-state index in [4.69, 9.17) is 0 Å². The first-order valence-corrected chi connectivity index (χ1v) is 6.86. The smallest absolute Gasteiger partial charge is 0.316 e. The van der Waals surface area contributed by atoms with Crippen LogP contribution >= 0.6 is 11.3 Å². The number of nitrogens with one attached hydrogen (secondary N) is 2. The van der Waals surface area contributed by atoms with E-state index in [1.54, 1.807) is 25.4 Å². The van der Waals surface area contributed by atoms with Crippen molar-refractivity contribution in [3.05, 3.63) is 15.6 Å². The number of aromatic nitrogens is 1. The molecule has 2 N–H and O–H groups in total. The van der Waals surface area contributed by atoms with Gasteiger partial charge in [0.1, 0.15) is 0 Å². The van der Waals surface area contributed by atoms with Crippen LogP contribution in [-0.2, 0) is 0 Å². The zero-order valence-electron chi connectivity index (χ0n) is 11.7. The Balaban J connectivity index is 2.32. The predicted octanol–water partition coefficient (Wildman–Crippen LogP) is 1.68. The zero-order valence-corrected chi connectivity index (χ0v) is 12.5. The monoisotopic (exact) mass is 270 g/mol. The summed E-state index contributed by atoms with van der Waals surface area (Å²) in [6.07, 6.45) is 0. The molecule has 1 rings (SSSR count). The van der Waals surface area contributed by atoms with Gasteiger partial charge in [0.2, 0.25) is 0 Å². The highest BCUT2D eigenvalue weighted by Crippen LogP contribution is 2.21. The van der Waals surface area contributed by atoms with Gasteiger partial charge < -0.3 is 15.5 Å². The van der Waals surface area contributed by atoms with Gasteiger partial charge in [-0.1, -0.05) is 0 Å². The Hall–Kier alpha value is -1.14. The van der Waals surface area contributed by atoms with Crippen molar-refractivity contribution in [1.82, 2.24) is 20.5 Å². The van der Waals surface area contributed by atoms with Crippen LogP contribution in [0.5, 0.6) is 0 Å². The second-order valence-corrected chi connectivity index (χ2v) is 5.88. The lowest BCUT2D eigenvalue weighted by atomic mass is 10.2. The predicted molar refractivity (Wildman–Crippen MR) is 75.1 cm³/mol. The normalized spacial score (nSPS) is 12.3. The fraction of sp³-hybridized carbons (Fsp3) is 0.667. The third-order valence-corrected chi connectivity index (χ3v) is 3.51. The molecule has 1 atom stereocenters. The highest BCUT2D eigenvalue weighted by Gasteiger charge is 2.12. The summed E-state index contributed by atoms with van der Waals surface area (Å²) >= 11 is 1.72. The summed E-state index contributed by atoms with van der Waals surface area (Å²) in [5.41, 5.74) is 1.11. The molecule has 18 heavy (non-hydrogen) atoms. The maximum absolute atomic E-state index is 11.3. The minimum absolute atomic E-state index is 0.0647. The molecule has 0 fully saturated rings. The minimum atomic E-state index is -0.0647. The maximum Gasteiger partial charge on any atom is 0.316 e. The van der Waals surface area contributed by atoms with Gasteiger partial charge in [-0.25, -0.2) is 9.78 Å². The molecule has 0 bridgehead atoms. The van der Waals surface area contributed by atoms with E-state index >= 15 is 0 Å². The van der Waals surface area contributed by atoms with Crippen molar-refractivity contribution in [1.29, 1.82) is 0 Å². The quantitative estimate of drug-likeness (QED) is 0.800. The molecule has 0 aromatic carbocycles. The summed E-state index contributed by atoms with van der Waals surface area (Å²) in [6, 6.07) is 0.149. The molecule has 102 valence electrons. The van der Waals surface area contributed by atoms with Crippen LogP contribution in [0.25, 0.3) is 0 Å². The van der Waals surface area contributed by atoms with Gasteiger partial charge in [0.15, 0.2) is 0 Å². The fourth-order valence-electron chi connectivity index (χ4n) is 1.66. The van der Waals surface area contributed by atoms with Crippen molar-refractivity contribution in [2.45, 2.75) is 26.8 Å². The van der Waals surface area contributed by atoms with Gasteiger partial charge in [0, 0.05) is 38.1 Å². The number of carbonyl (C=O) groups excluding carboxylic acids is 1. The summed E-state index contributed by atoms with van der Waals surface area (Å²) in [4.78, 5) is 18.6. The van der Waals surface area contributed by atoms with E-state index in [0.29, 0.717) is 6.54 Å². The first-order chi connectivity index (χ1) is 8.41. The SMILES string of the molecule is Cc1nc(C(C)NCCNC(=O)N(C)C)c(C)s1. The fourth-order valence-corrected chi connectivity index (χ4v) is 2.57. The number of amides is 2. The van der Waals surface area contributed by atoms with Gasteiger partial charge in [-0.15, -0.1) is 11.3 Å². The van der Waals surface area contributed by atoms with Crippen LogP contribution in [0.15, 0.2) is 0 Å². The molecule has 0 saturated carbocycles. The van der Waals surface area contributed by atoms with Gasteiger partial charge in [0.25, 0.3) is 0 Å². The van der Waals surface area contributed by atoms with Crippen molar-refractivity contribution in [2.75, 3.05) is 27.2 Å². The summed E-state index contributed by atoms with van der Waals surface area (Å²) in [5, 5.41) is 7.27. The number of thiazole rings is 1. The molecule has 0 saturated heterocycles. The molecule has 6 heteroatoms. The molecule has 0 aliphatic rings. The van der Waals surface area contributed by atoms with Gasteiger partial charge in [0.05, 0.1) is 10.7 Å². The molecule has 0 aliphatic heterocycles. The number of aryl methyl sites for hydroxylation is 2. The van der Waals surface area contributed by atoms with E-state index in [1.807, 2.05) is 6.92 Å². The van der Waals surface area contributed by atoms with Crippen molar-refractivity contribution in [2.24, 2.45) is 0 Å². The lowest BCUT2D eigenvalue weighted by Gasteiger charge is -2.15. The van der Waals surface area contributed by atoms with Gasteiger partial charge in [-0.3, -0.25) is 0 Å². The Morgan fingerprint density at radius 3 is 2.56 bits per heavy atom. The number of hydrogen-bond acceptors (Lipinski definition) is 4. The summed E-state index contributed by atoms with van der Waals surface area (Å²) in [7, 11) is 3.46. The standard InChI is InChI=1S/C12H22N4OS/c1-8(11-9(2)18-10(3)15-11)13-6-7-14-12(17)16(4)5/h8,13H,6-7H2,1-5H3,(H,14,17). The van der Waals surface area contributed by atoms with E-state index in [0.717, 1.165) is 17.2 Å². The third kappa shape index (κ3) is 4.27. The molecule has 5 nitrogen and oxygen atoms in total. The Labute approximate surface area is 113 Å². The molecule has 1 aromatic heterocycles. The Kier molecular flexibility index (Phi) is 5.55. The number of carbonyl (C=O) groups is 1. The molecule has 0 aliphatic carbocycles.